The fourth-order valence-corrected chi connectivity index (χ4v) is 3.46. The Morgan fingerprint density at radius 3 is 1.67 bits per heavy atom. The molecule has 0 saturated carbocycles. The first-order chi connectivity index (χ1) is 18.1. The number of unbranched alkanes of at least 4 members (excludes halogenated alkanes) is 3. The topological polar surface area (TPSA) is 24.9 Å². The van der Waals surface area contributed by atoms with Crippen LogP contribution in [0.4, 0.5) is 0 Å². The van der Waals surface area contributed by atoms with Crippen molar-refractivity contribution in [1.29, 1.82) is 0 Å². The van der Waals surface area contributed by atoms with Crippen molar-refractivity contribution >= 4 is 0 Å². The van der Waals surface area contributed by atoms with Gasteiger partial charge in [-0.05, 0) is 87.2 Å². The first-order valence-corrected chi connectivity index (χ1v) is 14.7. The molecule has 0 N–H and O–H groups in total. The van der Waals surface area contributed by atoms with Gasteiger partial charge in [-0.3, -0.25) is 0 Å². The first kappa shape index (κ1) is 42.5. The SMILES string of the molecule is C=CC(=C)CC/C=C(/C)COCCCN(C)C.[CH2-]/C(=C/CCCCC)CC/C=C(/C)COCCCN(C)C.[Li+]. The van der Waals surface area contributed by atoms with Crippen LogP contribution in [-0.2, 0) is 9.47 Å². The van der Waals surface area contributed by atoms with Crippen LogP contribution in [0, 0.1) is 6.92 Å². The van der Waals surface area contributed by atoms with Crippen molar-refractivity contribution in [2.45, 2.75) is 85.0 Å². The van der Waals surface area contributed by atoms with Crippen molar-refractivity contribution in [3.63, 3.8) is 0 Å². The quantitative estimate of drug-likeness (QED) is 0.0568. The molecule has 0 saturated heterocycles. The Balaban J connectivity index is -0.000000662. The summed E-state index contributed by atoms with van der Waals surface area (Å²) < 4.78 is 11.3. The third-order valence-electron chi connectivity index (χ3n) is 5.89. The molecule has 0 rings (SSSR count). The Morgan fingerprint density at radius 1 is 0.744 bits per heavy atom. The van der Waals surface area contributed by atoms with Crippen molar-refractivity contribution in [2.75, 3.05) is 67.7 Å². The molecule has 0 aromatic heterocycles. The predicted octanol–water partition coefficient (Wildman–Crippen LogP) is 5.45. The van der Waals surface area contributed by atoms with Gasteiger partial charge in [0, 0.05) is 13.2 Å². The zero-order valence-electron chi connectivity index (χ0n) is 27.5. The third-order valence-corrected chi connectivity index (χ3v) is 5.89. The van der Waals surface area contributed by atoms with Crippen LogP contribution in [0.3, 0.4) is 0 Å². The summed E-state index contributed by atoms with van der Waals surface area (Å²) in [6, 6.07) is 0. The number of hydrogen-bond donors (Lipinski definition) is 0. The van der Waals surface area contributed by atoms with Gasteiger partial charge in [0.25, 0.3) is 0 Å². The summed E-state index contributed by atoms with van der Waals surface area (Å²) in [6.45, 7) is 23.6. The Morgan fingerprint density at radius 2 is 1.23 bits per heavy atom. The molecular weight excluding hydrogens is 475 g/mol. The predicted molar refractivity (Wildman–Crippen MR) is 171 cm³/mol. The van der Waals surface area contributed by atoms with E-state index in [4.69, 9.17) is 9.47 Å². The molecule has 0 aliphatic heterocycles. The number of nitrogens with zero attached hydrogens (tertiary/aromatic N) is 2. The Hall–Kier alpha value is -0.993. The molecule has 0 heterocycles. The number of ether oxygens (including phenoxy) is 2. The average molecular weight is 539 g/mol. The number of rotatable bonds is 23. The summed E-state index contributed by atoms with van der Waals surface area (Å²) in [5, 5.41) is 0. The fraction of sp³-hybridized carbons (Fsp3) is 0.676. The minimum Gasteiger partial charge on any atom is -0.377 e. The van der Waals surface area contributed by atoms with E-state index in [1.165, 1.54) is 42.4 Å². The molecule has 39 heavy (non-hydrogen) atoms. The van der Waals surface area contributed by atoms with Crippen LogP contribution in [0.15, 0.2) is 59.8 Å². The molecule has 5 heteroatoms. The van der Waals surface area contributed by atoms with E-state index in [-0.39, 0.29) is 18.9 Å². The van der Waals surface area contributed by atoms with Gasteiger partial charge in [0.05, 0.1) is 13.2 Å². The summed E-state index contributed by atoms with van der Waals surface area (Å²) in [4.78, 5) is 4.36. The second-order valence-corrected chi connectivity index (χ2v) is 10.8. The summed E-state index contributed by atoms with van der Waals surface area (Å²) in [7, 11) is 8.35. The normalized spacial score (nSPS) is 12.3. The van der Waals surface area contributed by atoms with Crippen LogP contribution in [0.2, 0.25) is 0 Å². The molecular formula is C34H63LiN2O2. The molecule has 0 aromatic carbocycles. The van der Waals surface area contributed by atoms with Crippen LogP contribution >= 0.6 is 0 Å². The molecule has 0 bridgehead atoms. The Kier molecular flexibility index (Phi) is 34.3. The Bertz CT molecular complexity index is 666. The fourth-order valence-electron chi connectivity index (χ4n) is 3.46. The number of allylic oxidation sites excluding steroid dienone is 6. The maximum absolute atomic E-state index is 5.67. The maximum atomic E-state index is 5.67. The van der Waals surface area contributed by atoms with Gasteiger partial charge in [0.15, 0.2) is 0 Å². The summed E-state index contributed by atoms with van der Waals surface area (Å²) in [5.41, 5.74) is 5.01. The van der Waals surface area contributed by atoms with Crippen LogP contribution in [0.1, 0.15) is 85.0 Å². The molecule has 0 aliphatic carbocycles. The van der Waals surface area contributed by atoms with Crippen LogP contribution in [0.5, 0.6) is 0 Å². The van der Waals surface area contributed by atoms with Gasteiger partial charge in [0.1, 0.15) is 0 Å². The van der Waals surface area contributed by atoms with E-state index in [0.29, 0.717) is 0 Å². The largest absolute Gasteiger partial charge is 1.00 e. The molecule has 0 aliphatic rings. The summed E-state index contributed by atoms with van der Waals surface area (Å²) in [6.07, 6.45) is 20.1. The molecule has 0 amide bonds. The second kappa shape index (κ2) is 31.5. The van der Waals surface area contributed by atoms with Gasteiger partial charge in [0.2, 0.25) is 0 Å². The molecule has 222 valence electrons. The van der Waals surface area contributed by atoms with Gasteiger partial charge in [-0.25, -0.2) is 18.6 Å². The van der Waals surface area contributed by atoms with E-state index in [1.807, 2.05) is 6.08 Å². The molecule has 0 atom stereocenters. The number of hydrogen-bond acceptors (Lipinski definition) is 4. The summed E-state index contributed by atoms with van der Waals surface area (Å²) >= 11 is 0. The zero-order valence-corrected chi connectivity index (χ0v) is 27.5. The molecule has 0 radical (unpaired) electrons. The van der Waals surface area contributed by atoms with Gasteiger partial charge >= 0.3 is 18.9 Å². The Labute approximate surface area is 256 Å². The molecule has 4 nitrogen and oxygen atoms in total. The van der Waals surface area contributed by atoms with Crippen molar-refractivity contribution in [3.8, 4) is 0 Å². The molecule has 0 spiro atoms. The minimum absolute atomic E-state index is 0. The van der Waals surface area contributed by atoms with Crippen molar-refractivity contribution in [1.82, 2.24) is 9.80 Å². The van der Waals surface area contributed by atoms with Gasteiger partial charge in [-0.15, -0.1) is 6.42 Å². The third kappa shape index (κ3) is 37.0. The zero-order chi connectivity index (χ0) is 29.0. The van der Waals surface area contributed by atoms with Crippen molar-refractivity contribution < 1.29 is 28.3 Å². The first-order valence-electron chi connectivity index (χ1n) is 14.7. The van der Waals surface area contributed by atoms with Crippen LogP contribution in [0.25, 0.3) is 0 Å². The smallest absolute Gasteiger partial charge is 0.377 e. The van der Waals surface area contributed by atoms with E-state index in [9.17, 15) is 0 Å². The van der Waals surface area contributed by atoms with Crippen LogP contribution < -0.4 is 18.9 Å². The van der Waals surface area contributed by atoms with E-state index >= 15 is 0 Å². The van der Waals surface area contributed by atoms with Gasteiger partial charge in [-0.2, -0.15) is 0 Å². The van der Waals surface area contributed by atoms with E-state index in [0.717, 1.165) is 83.6 Å². The molecule has 0 fully saturated rings. The summed E-state index contributed by atoms with van der Waals surface area (Å²) in [5.74, 6) is 0. The van der Waals surface area contributed by atoms with Crippen molar-refractivity contribution in [3.05, 3.63) is 66.7 Å². The molecule has 0 unspecified atom stereocenters. The standard InChI is InChI=1S/C19H36NO.C15H27NO.Li/c1-6-7-8-9-12-18(2)13-10-14-19(3)17-21-16-11-15-20(4)5;1-6-14(2)9-7-10-15(3)13-17-12-8-11-16(4)5;/h12,14H,2,6-11,13,15-17H2,1,3-5H3;6,10H,1-2,7-9,11-13H2,3-5H3;/q-1;;+1/b18-12-,19-14-;15-10-;. The van der Waals surface area contributed by atoms with E-state index in [2.05, 4.69) is 97.1 Å². The maximum Gasteiger partial charge on any atom is 1.00 e. The van der Waals surface area contributed by atoms with Gasteiger partial charge < -0.3 is 19.3 Å². The minimum atomic E-state index is 0. The van der Waals surface area contributed by atoms with E-state index < -0.39 is 0 Å². The van der Waals surface area contributed by atoms with Crippen LogP contribution in [-0.4, -0.2) is 77.5 Å². The van der Waals surface area contributed by atoms with Gasteiger partial charge in [-0.1, -0.05) is 80.7 Å². The molecule has 0 aromatic rings. The van der Waals surface area contributed by atoms with E-state index in [1.54, 1.807) is 0 Å². The van der Waals surface area contributed by atoms with Crippen molar-refractivity contribution in [2.24, 2.45) is 0 Å². The monoisotopic (exact) mass is 539 g/mol. The second-order valence-electron chi connectivity index (χ2n) is 10.8. The average Bonchev–Trinajstić information content (AvgIpc) is 2.86.